The summed E-state index contributed by atoms with van der Waals surface area (Å²) in [4.78, 5) is 0. The van der Waals surface area contributed by atoms with E-state index in [2.05, 4.69) is 6.58 Å². The molecule has 1 rings (SSSR count). The molecule has 0 spiro atoms. The lowest BCUT2D eigenvalue weighted by Gasteiger charge is -2.11. The van der Waals surface area contributed by atoms with E-state index in [0.29, 0.717) is 15.1 Å². The molecule has 0 aliphatic heterocycles. The van der Waals surface area contributed by atoms with Crippen LogP contribution < -0.4 is 0 Å². The quantitative estimate of drug-likeness (QED) is 0.687. The summed E-state index contributed by atoms with van der Waals surface area (Å²) in [6.07, 6.45) is 0. The minimum absolute atomic E-state index is 0.0212. The van der Waals surface area contributed by atoms with E-state index in [1.807, 2.05) is 13.0 Å². The van der Waals surface area contributed by atoms with Crippen LogP contribution in [-0.2, 0) is 0 Å². The molecule has 0 amide bonds. The Morgan fingerprint density at radius 1 is 1.38 bits per heavy atom. The molecule has 0 heterocycles. The number of halogens is 3. The van der Waals surface area contributed by atoms with Crippen molar-refractivity contribution in [3.05, 3.63) is 45.4 Å². The molecule has 3 heteroatoms. The van der Waals surface area contributed by atoms with E-state index in [9.17, 15) is 0 Å². The minimum Gasteiger partial charge on any atom is -0.0891 e. The average molecular weight is 236 g/mol. The number of benzene rings is 1. The van der Waals surface area contributed by atoms with Gasteiger partial charge in [0.25, 0.3) is 0 Å². The average Bonchev–Trinajstić information content (AvgIpc) is 2.08. The second kappa shape index (κ2) is 4.36. The highest BCUT2D eigenvalue weighted by atomic mass is 35.5. The van der Waals surface area contributed by atoms with Crippen molar-refractivity contribution in [2.45, 2.75) is 12.8 Å². The van der Waals surface area contributed by atoms with Crippen LogP contribution in [0.4, 0.5) is 0 Å². The standard InChI is InChI=1S/C10H9Cl3/c1-6(7(2)11)9-5-8(12)3-4-10(9)13/h3-6H,2H2,1H3. The molecule has 13 heavy (non-hydrogen) atoms. The van der Waals surface area contributed by atoms with E-state index in [0.717, 1.165) is 5.56 Å². The number of hydrogen-bond acceptors (Lipinski definition) is 0. The van der Waals surface area contributed by atoms with Gasteiger partial charge in [0.15, 0.2) is 0 Å². The zero-order chi connectivity index (χ0) is 10.0. The van der Waals surface area contributed by atoms with Crippen LogP contribution >= 0.6 is 34.8 Å². The van der Waals surface area contributed by atoms with Crippen LogP contribution in [0.5, 0.6) is 0 Å². The lowest BCUT2D eigenvalue weighted by molar-refractivity contribution is 0.952. The molecule has 0 aliphatic rings. The predicted octanol–water partition coefficient (Wildman–Crippen LogP) is 4.85. The van der Waals surface area contributed by atoms with Gasteiger partial charge < -0.3 is 0 Å². The Morgan fingerprint density at radius 3 is 2.54 bits per heavy atom. The summed E-state index contributed by atoms with van der Waals surface area (Å²) in [6.45, 7) is 5.60. The smallest absolute Gasteiger partial charge is 0.0445 e. The fourth-order valence-corrected chi connectivity index (χ4v) is 1.59. The van der Waals surface area contributed by atoms with Crippen molar-refractivity contribution in [1.29, 1.82) is 0 Å². The van der Waals surface area contributed by atoms with E-state index in [-0.39, 0.29) is 5.92 Å². The summed E-state index contributed by atoms with van der Waals surface area (Å²) in [7, 11) is 0. The van der Waals surface area contributed by atoms with Gasteiger partial charge in [-0.1, -0.05) is 48.3 Å². The van der Waals surface area contributed by atoms with Gasteiger partial charge in [0.2, 0.25) is 0 Å². The molecule has 0 radical (unpaired) electrons. The van der Waals surface area contributed by atoms with Crippen LogP contribution in [0.3, 0.4) is 0 Å². The maximum absolute atomic E-state index is 5.98. The highest BCUT2D eigenvalue weighted by molar-refractivity contribution is 6.34. The SMILES string of the molecule is C=C(Cl)C(C)c1cc(Cl)ccc1Cl. The zero-order valence-electron chi connectivity index (χ0n) is 7.15. The monoisotopic (exact) mass is 234 g/mol. The van der Waals surface area contributed by atoms with E-state index >= 15 is 0 Å². The first-order valence-corrected chi connectivity index (χ1v) is 4.95. The second-order valence-electron chi connectivity index (χ2n) is 2.83. The third-order valence-corrected chi connectivity index (χ3v) is 2.80. The van der Waals surface area contributed by atoms with E-state index in [4.69, 9.17) is 34.8 Å². The molecule has 1 unspecified atom stereocenters. The van der Waals surface area contributed by atoms with Gasteiger partial charge in [-0.15, -0.1) is 0 Å². The molecule has 0 fully saturated rings. The van der Waals surface area contributed by atoms with Crippen molar-refractivity contribution in [1.82, 2.24) is 0 Å². The van der Waals surface area contributed by atoms with Crippen LogP contribution in [0.15, 0.2) is 29.8 Å². The van der Waals surface area contributed by atoms with Crippen molar-refractivity contribution in [3.63, 3.8) is 0 Å². The number of allylic oxidation sites excluding steroid dienone is 1. The zero-order valence-corrected chi connectivity index (χ0v) is 9.42. The minimum atomic E-state index is 0.0212. The van der Waals surface area contributed by atoms with Gasteiger partial charge in [-0.2, -0.15) is 0 Å². The van der Waals surface area contributed by atoms with Crippen molar-refractivity contribution in [2.75, 3.05) is 0 Å². The Morgan fingerprint density at radius 2 is 2.00 bits per heavy atom. The molecular formula is C10H9Cl3. The summed E-state index contributed by atoms with van der Waals surface area (Å²) < 4.78 is 0. The Hall–Kier alpha value is -0.170. The predicted molar refractivity (Wildman–Crippen MR) is 59.9 cm³/mol. The Labute approximate surface area is 93.1 Å². The largest absolute Gasteiger partial charge is 0.0891 e. The first-order valence-electron chi connectivity index (χ1n) is 3.81. The Balaban J connectivity index is 3.12. The van der Waals surface area contributed by atoms with Crippen LogP contribution in [0.2, 0.25) is 10.0 Å². The third kappa shape index (κ3) is 2.63. The first kappa shape index (κ1) is 10.9. The van der Waals surface area contributed by atoms with Gasteiger partial charge in [0.05, 0.1) is 0 Å². The van der Waals surface area contributed by atoms with Gasteiger partial charge in [0.1, 0.15) is 0 Å². The van der Waals surface area contributed by atoms with Gasteiger partial charge in [-0.05, 0) is 23.8 Å². The molecule has 0 aliphatic carbocycles. The molecule has 0 aromatic heterocycles. The van der Waals surface area contributed by atoms with Crippen LogP contribution in [-0.4, -0.2) is 0 Å². The van der Waals surface area contributed by atoms with Crippen LogP contribution in [0, 0.1) is 0 Å². The van der Waals surface area contributed by atoms with Crippen LogP contribution in [0.1, 0.15) is 18.4 Å². The van der Waals surface area contributed by atoms with Gasteiger partial charge in [0, 0.05) is 21.0 Å². The van der Waals surface area contributed by atoms with Gasteiger partial charge >= 0.3 is 0 Å². The van der Waals surface area contributed by atoms with E-state index < -0.39 is 0 Å². The lowest BCUT2D eigenvalue weighted by Crippen LogP contribution is -1.93. The summed E-state index contributed by atoms with van der Waals surface area (Å²) in [5.41, 5.74) is 0.911. The topological polar surface area (TPSA) is 0 Å². The maximum Gasteiger partial charge on any atom is 0.0445 e. The summed E-state index contributed by atoms with van der Waals surface area (Å²) in [5.74, 6) is 0.0212. The molecule has 1 atom stereocenters. The molecular weight excluding hydrogens is 226 g/mol. The molecule has 0 saturated carbocycles. The lowest BCUT2D eigenvalue weighted by atomic mass is 10.0. The summed E-state index contributed by atoms with van der Waals surface area (Å²) in [5, 5.41) is 1.88. The van der Waals surface area contributed by atoms with Crippen molar-refractivity contribution in [3.8, 4) is 0 Å². The van der Waals surface area contributed by atoms with Gasteiger partial charge in [-0.25, -0.2) is 0 Å². The molecule has 0 N–H and O–H groups in total. The highest BCUT2D eigenvalue weighted by Gasteiger charge is 2.11. The molecule has 70 valence electrons. The van der Waals surface area contributed by atoms with Crippen molar-refractivity contribution >= 4 is 34.8 Å². The van der Waals surface area contributed by atoms with E-state index in [1.165, 1.54) is 0 Å². The Kier molecular flexibility index (Phi) is 3.66. The van der Waals surface area contributed by atoms with Crippen molar-refractivity contribution in [2.24, 2.45) is 0 Å². The third-order valence-electron chi connectivity index (χ3n) is 1.89. The van der Waals surface area contributed by atoms with Crippen molar-refractivity contribution < 1.29 is 0 Å². The summed E-state index contributed by atoms with van der Waals surface area (Å²) >= 11 is 17.6. The van der Waals surface area contributed by atoms with Crippen LogP contribution in [0.25, 0.3) is 0 Å². The molecule has 1 aromatic rings. The molecule has 0 bridgehead atoms. The Bertz CT molecular complexity index is 331. The van der Waals surface area contributed by atoms with Gasteiger partial charge in [-0.3, -0.25) is 0 Å². The second-order valence-corrected chi connectivity index (χ2v) is 4.16. The normalized spacial score (nSPS) is 12.6. The maximum atomic E-state index is 5.98. The molecule has 0 saturated heterocycles. The number of rotatable bonds is 2. The van der Waals surface area contributed by atoms with E-state index in [1.54, 1.807) is 12.1 Å². The fourth-order valence-electron chi connectivity index (χ4n) is 1.02. The molecule has 0 nitrogen and oxygen atoms in total. The fraction of sp³-hybridized carbons (Fsp3) is 0.200. The first-order chi connectivity index (χ1) is 6.02. The molecule has 1 aromatic carbocycles. The summed E-state index contributed by atoms with van der Waals surface area (Å²) in [6, 6.07) is 5.31. The highest BCUT2D eigenvalue weighted by Crippen LogP contribution is 2.32. The number of hydrogen-bond donors (Lipinski definition) is 0.